The largest absolute Gasteiger partial charge is 0.491 e. The average Bonchev–Trinajstić information content (AvgIpc) is 2.91. The second-order valence-electron chi connectivity index (χ2n) is 10.3. The van der Waals surface area contributed by atoms with E-state index in [4.69, 9.17) is 4.74 Å². The lowest BCUT2D eigenvalue weighted by Gasteiger charge is -2.36. The number of nitrogens with one attached hydrogen (secondary N) is 2. The lowest BCUT2D eigenvalue weighted by molar-refractivity contribution is -0.118. The molecule has 1 saturated heterocycles. The molecular formula is C30H46N4O3. The highest BCUT2D eigenvalue weighted by Crippen LogP contribution is 2.33. The van der Waals surface area contributed by atoms with E-state index in [-0.39, 0.29) is 12.5 Å². The summed E-state index contributed by atoms with van der Waals surface area (Å²) in [4.78, 5) is 16.4. The lowest BCUT2D eigenvalue weighted by atomic mass is 9.90. The van der Waals surface area contributed by atoms with Gasteiger partial charge in [-0.25, -0.2) is 0 Å². The number of rotatable bonds is 15. The molecule has 0 saturated carbocycles. The van der Waals surface area contributed by atoms with Gasteiger partial charge in [-0.1, -0.05) is 50.2 Å². The smallest absolute Gasteiger partial charge is 0.216 e. The van der Waals surface area contributed by atoms with Crippen molar-refractivity contribution in [3.05, 3.63) is 60.2 Å². The van der Waals surface area contributed by atoms with Crippen LogP contribution in [-0.4, -0.2) is 80.5 Å². The number of benzene rings is 2. The van der Waals surface area contributed by atoms with Crippen LogP contribution in [0.15, 0.2) is 54.6 Å². The summed E-state index contributed by atoms with van der Waals surface area (Å²) in [5.41, 5.74) is 2.49. The molecule has 0 aromatic heterocycles. The van der Waals surface area contributed by atoms with Crippen LogP contribution in [0.3, 0.4) is 0 Å². The predicted molar refractivity (Wildman–Crippen MR) is 151 cm³/mol. The highest BCUT2D eigenvalue weighted by atomic mass is 16.5. The van der Waals surface area contributed by atoms with Crippen LogP contribution < -0.4 is 20.3 Å². The van der Waals surface area contributed by atoms with Crippen molar-refractivity contribution in [2.75, 3.05) is 57.3 Å². The minimum atomic E-state index is -0.561. The third kappa shape index (κ3) is 10.3. The fourth-order valence-electron chi connectivity index (χ4n) is 4.84. The third-order valence-corrected chi connectivity index (χ3v) is 6.94. The van der Waals surface area contributed by atoms with Crippen molar-refractivity contribution in [3.63, 3.8) is 0 Å². The van der Waals surface area contributed by atoms with Crippen molar-refractivity contribution < 1.29 is 14.6 Å². The number of anilines is 1. The van der Waals surface area contributed by atoms with Gasteiger partial charge in [0.2, 0.25) is 5.91 Å². The summed E-state index contributed by atoms with van der Waals surface area (Å²) < 4.78 is 6.13. The molecule has 3 rings (SSSR count). The Hall–Kier alpha value is -2.61. The topological polar surface area (TPSA) is 77.1 Å². The molecule has 2 aromatic carbocycles. The number of piperazine rings is 1. The number of carbonyl (C=O) groups is 1. The molecule has 3 N–H and O–H groups in total. The van der Waals surface area contributed by atoms with Crippen LogP contribution in [0.1, 0.15) is 51.5 Å². The van der Waals surface area contributed by atoms with Crippen LogP contribution in [0.2, 0.25) is 0 Å². The van der Waals surface area contributed by atoms with Gasteiger partial charge in [0.1, 0.15) is 18.5 Å². The van der Waals surface area contributed by atoms with Crippen molar-refractivity contribution in [1.29, 1.82) is 0 Å². The molecule has 37 heavy (non-hydrogen) atoms. The maximum Gasteiger partial charge on any atom is 0.216 e. The summed E-state index contributed by atoms with van der Waals surface area (Å²) in [5.74, 6) is 1.19. The minimum absolute atomic E-state index is 0.0144. The van der Waals surface area contributed by atoms with E-state index < -0.39 is 6.10 Å². The quantitative estimate of drug-likeness (QED) is 0.318. The maximum absolute atomic E-state index is 11.3. The zero-order valence-corrected chi connectivity index (χ0v) is 22.9. The average molecular weight is 511 g/mol. The Balaban J connectivity index is 1.58. The van der Waals surface area contributed by atoms with E-state index in [0.29, 0.717) is 25.0 Å². The van der Waals surface area contributed by atoms with Crippen LogP contribution in [0.25, 0.3) is 0 Å². The zero-order valence-electron chi connectivity index (χ0n) is 22.9. The Labute approximate surface area is 223 Å². The zero-order chi connectivity index (χ0) is 26.5. The Morgan fingerprint density at radius 1 is 1.00 bits per heavy atom. The Morgan fingerprint density at radius 3 is 2.41 bits per heavy atom. The number of hydrogen-bond acceptors (Lipinski definition) is 6. The molecule has 1 unspecified atom stereocenters. The highest BCUT2D eigenvalue weighted by Gasteiger charge is 2.21. The maximum atomic E-state index is 11.3. The van der Waals surface area contributed by atoms with Gasteiger partial charge in [-0.05, 0) is 55.5 Å². The van der Waals surface area contributed by atoms with Gasteiger partial charge in [0.25, 0.3) is 0 Å². The van der Waals surface area contributed by atoms with E-state index >= 15 is 0 Å². The number of ether oxygens (including phenoxy) is 1. The fraction of sp³-hybridized carbons (Fsp3) is 0.567. The minimum Gasteiger partial charge on any atom is -0.491 e. The molecule has 7 nitrogen and oxygen atoms in total. The van der Waals surface area contributed by atoms with Crippen LogP contribution >= 0.6 is 0 Å². The van der Waals surface area contributed by atoms with Crippen molar-refractivity contribution in [3.8, 4) is 5.75 Å². The summed E-state index contributed by atoms with van der Waals surface area (Å²) in [7, 11) is 0. The molecule has 2 atom stereocenters. The molecule has 1 aliphatic heterocycles. The van der Waals surface area contributed by atoms with E-state index in [1.165, 1.54) is 11.3 Å². The summed E-state index contributed by atoms with van der Waals surface area (Å²) in [5, 5.41) is 16.5. The molecule has 1 aliphatic rings. The second-order valence-corrected chi connectivity index (χ2v) is 10.3. The molecule has 7 heteroatoms. The number of nitrogens with zero attached hydrogens (tertiary/aromatic N) is 2. The van der Waals surface area contributed by atoms with Crippen LogP contribution in [0.5, 0.6) is 5.75 Å². The lowest BCUT2D eigenvalue weighted by Crippen LogP contribution is -2.46. The molecular weight excluding hydrogens is 464 g/mol. The molecule has 0 spiro atoms. The molecule has 1 heterocycles. The van der Waals surface area contributed by atoms with Gasteiger partial charge in [0, 0.05) is 57.9 Å². The third-order valence-electron chi connectivity index (χ3n) is 6.94. The molecule has 2 aromatic rings. The van der Waals surface area contributed by atoms with E-state index in [2.05, 4.69) is 76.7 Å². The molecule has 0 radical (unpaired) electrons. The number of carbonyl (C=O) groups excluding carboxylic acids is 1. The molecule has 0 bridgehead atoms. The molecule has 204 valence electrons. The standard InChI is InChI=1S/C30H46N4O3/c1-24(2)32-22-28(36)23-37-30-14-8-7-13-29(30)26(10-9-16-31-25(3)35)15-17-33-18-20-34(21-19-33)27-11-5-4-6-12-27/h4-8,11-14,24,26,28,32,36H,9-10,15-23H2,1-3H3,(H,31,35)/t26?,28-/m0/s1. The van der Waals surface area contributed by atoms with Crippen molar-refractivity contribution in [2.45, 2.75) is 58.1 Å². The Bertz CT molecular complexity index is 916. The first kappa shape index (κ1) is 29.0. The summed E-state index contributed by atoms with van der Waals surface area (Å²) in [6.07, 6.45) is 2.36. The highest BCUT2D eigenvalue weighted by molar-refractivity contribution is 5.72. The van der Waals surface area contributed by atoms with E-state index in [1.807, 2.05) is 12.1 Å². The van der Waals surface area contributed by atoms with Crippen molar-refractivity contribution in [1.82, 2.24) is 15.5 Å². The molecule has 1 fully saturated rings. The predicted octanol–water partition coefficient (Wildman–Crippen LogP) is 3.64. The number of aliphatic hydroxyl groups excluding tert-OH is 1. The van der Waals surface area contributed by atoms with Gasteiger partial charge in [0.05, 0.1) is 0 Å². The van der Waals surface area contributed by atoms with Gasteiger partial charge in [-0.15, -0.1) is 0 Å². The van der Waals surface area contributed by atoms with Crippen LogP contribution in [0.4, 0.5) is 5.69 Å². The Morgan fingerprint density at radius 2 is 1.70 bits per heavy atom. The normalized spacial score (nSPS) is 16.0. The Kier molecular flexibility index (Phi) is 12.2. The number of para-hydroxylation sites is 2. The molecule has 0 aliphatic carbocycles. The van der Waals surface area contributed by atoms with Gasteiger partial charge in [-0.3, -0.25) is 9.69 Å². The van der Waals surface area contributed by atoms with Crippen molar-refractivity contribution in [2.24, 2.45) is 0 Å². The molecule has 1 amide bonds. The SMILES string of the molecule is CC(=O)NCCCC(CCN1CCN(c2ccccc2)CC1)c1ccccc1OC[C@@H](O)CNC(C)C. The van der Waals surface area contributed by atoms with Crippen LogP contribution in [0, 0.1) is 0 Å². The monoisotopic (exact) mass is 510 g/mol. The fourth-order valence-corrected chi connectivity index (χ4v) is 4.84. The van der Waals surface area contributed by atoms with Gasteiger partial charge < -0.3 is 25.4 Å². The summed E-state index contributed by atoms with van der Waals surface area (Å²) in [6.45, 7) is 12.4. The number of hydrogen-bond donors (Lipinski definition) is 3. The van der Waals surface area contributed by atoms with E-state index in [0.717, 1.165) is 57.7 Å². The van der Waals surface area contributed by atoms with E-state index in [1.54, 1.807) is 6.92 Å². The first-order valence-electron chi connectivity index (χ1n) is 13.8. The number of amides is 1. The van der Waals surface area contributed by atoms with Crippen molar-refractivity contribution >= 4 is 11.6 Å². The van der Waals surface area contributed by atoms with Crippen LogP contribution in [-0.2, 0) is 4.79 Å². The summed E-state index contributed by atoms with van der Waals surface area (Å²) in [6, 6.07) is 19.2. The van der Waals surface area contributed by atoms with Gasteiger partial charge in [-0.2, -0.15) is 0 Å². The van der Waals surface area contributed by atoms with Gasteiger partial charge >= 0.3 is 0 Å². The van der Waals surface area contributed by atoms with E-state index in [9.17, 15) is 9.90 Å². The number of aliphatic hydroxyl groups is 1. The summed E-state index contributed by atoms with van der Waals surface area (Å²) >= 11 is 0. The first-order valence-corrected chi connectivity index (χ1v) is 13.8. The first-order chi connectivity index (χ1) is 17.9. The van der Waals surface area contributed by atoms with Gasteiger partial charge in [0.15, 0.2) is 0 Å². The second kappa shape index (κ2) is 15.6.